The number of ketones is 1. The molecular formula is C20H25NO8S. The molecule has 2 aromatic carbocycles. The second-order valence-electron chi connectivity index (χ2n) is 6.45. The second-order valence-corrected chi connectivity index (χ2v) is 8.10. The van der Waals surface area contributed by atoms with Crippen molar-refractivity contribution in [1.29, 1.82) is 0 Å². The normalized spacial score (nSPS) is 13.5. The van der Waals surface area contributed by atoms with Crippen LogP contribution >= 0.6 is 0 Å². The zero-order chi connectivity index (χ0) is 22.5. The zero-order valence-corrected chi connectivity index (χ0v) is 17.8. The number of hydrogen-bond donors (Lipinski definition) is 1. The number of hydrogen-bond acceptors (Lipinski definition) is 8. The first-order chi connectivity index (χ1) is 14.1. The number of nitrogens with one attached hydrogen (secondary N) is 1. The van der Waals surface area contributed by atoms with E-state index in [1.54, 1.807) is 30.3 Å². The lowest BCUT2D eigenvalue weighted by molar-refractivity contribution is -0.164. The summed E-state index contributed by atoms with van der Waals surface area (Å²) in [4.78, 5) is 36.0. The molecule has 2 aromatic rings. The van der Waals surface area contributed by atoms with Crippen LogP contribution in [0.2, 0.25) is 0 Å². The third-order valence-electron chi connectivity index (χ3n) is 4.39. The van der Waals surface area contributed by atoms with Gasteiger partial charge in [0.15, 0.2) is 18.0 Å². The van der Waals surface area contributed by atoms with Crippen molar-refractivity contribution < 1.29 is 37.9 Å². The average molecular weight is 439 g/mol. The standard InChI is InChI=1S/C20H23NO8S.H2/c1-12(22)17(29-20(24)13(2)27-3)11-18(23)21-16-10-9-14-7-5-6-8-15(14)19(16)30(25,26)28-4;/h5-10,13,17H,11H2,1-4H3,(H,21,23);1H. The molecule has 0 radical (unpaired) electrons. The number of fused-ring (bicyclic) bond motifs is 1. The number of ether oxygens (including phenoxy) is 2. The van der Waals surface area contributed by atoms with Crippen LogP contribution in [0, 0.1) is 0 Å². The molecule has 0 aliphatic heterocycles. The van der Waals surface area contributed by atoms with E-state index >= 15 is 0 Å². The van der Waals surface area contributed by atoms with Crippen molar-refractivity contribution in [2.75, 3.05) is 19.5 Å². The van der Waals surface area contributed by atoms with Crippen molar-refractivity contribution in [2.24, 2.45) is 0 Å². The summed E-state index contributed by atoms with van der Waals surface area (Å²) in [6, 6.07) is 9.78. The van der Waals surface area contributed by atoms with Crippen molar-refractivity contribution in [2.45, 2.75) is 37.4 Å². The molecule has 9 nitrogen and oxygen atoms in total. The predicted molar refractivity (Wildman–Crippen MR) is 111 cm³/mol. The molecule has 0 saturated heterocycles. The highest BCUT2D eigenvalue weighted by molar-refractivity contribution is 7.87. The number of amides is 1. The van der Waals surface area contributed by atoms with Crippen LogP contribution in [0.4, 0.5) is 5.69 Å². The van der Waals surface area contributed by atoms with Crippen LogP contribution in [-0.2, 0) is 38.2 Å². The van der Waals surface area contributed by atoms with Gasteiger partial charge >= 0.3 is 5.97 Å². The van der Waals surface area contributed by atoms with Gasteiger partial charge in [0.2, 0.25) is 5.91 Å². The maximum absolute atomic E-state index is 12.5. The van der Waals surface area contributed by atoms with Crippen molar-refractivity contribution in [1.82, 2.24) is 0 Å². The van der Waals surface area contributed by atoms with E-state index in [4.69, 9.17) is 9.47 Å². The molecule has 1 amide bonds. The van der Waals surface area contributed by atoms with Gasteiger partial charge in [0.25, 0.3) is 10.1 Å². The molecular weight excluding hydrogens is 414 g/mol. The molecule has 0 aromatic heterocycles. The maximum Gasteiger partial charge on any atom is 0.335 e. The molecule has 0 fully saturated rings. The van der Waals surface area contributed by atoms with E-state index in [1.165, 1.54) is 27.0 Å². The Morgan fingerprint density at radius 2 is 1.77 bits per heavy atom. The Morgan fingerprint density at radius 1 is 1.10 bits per heavy atom. The molecule has 164 valence electrons. The van der Waals surface area contributed by atoms with Crippen molar-refractivity contribution >= 4 is 44.2 Å². The fourth-order valence-corrected chi connectivity index (χ4v) is 3.67. The Balaban J connectivity index is 0.00000480. The first-order valence-electron chi connectivity index (χ1n) is 8.96. The molecule has 0 aliphatic carbocycles. The zero-order valence-electron chi connectivity index (χ0n) is 17.0. The van der Waals surface area contributed by atoms with Crippen LogP contribution in [0.1, 0.15) is 21.7 Å². The number of carbonyl (C=O) groups is 3. The number of anilines is 1. The third-order valence-corrected chi connectivity index (χ3v) is 5.77. The molecule has 0 saturated carbocycles. The fraction of sp³-hybridized carbons (Fsp3) is 0.350. The summed E-state index contributed by atoms with van der Waals surface area (Å²) in [7, 11) is -1.84. The van der Waals surface area contributed by atoms with Gasteiger partial charge in [-0.05, 0) is 25.3 Å². The average Bonchev–Trinajstić information content (AvgIpc) is 2.71. The highest BCUT2D eigenvalue weighted by Gasteiger charge is 2.27. The van der Waals surface area contributed by atoms with E-state index in [-0.39, 0.29) is 12.0 Å². The molecule has 0 spiro atoms. The molecule has 2 unspecified atom stereocenters. The molecule has 30 heavy (non-hydrogen) atoms. The summed E-state index contributed by atoms with van der Waals surface area (Å²) in [5.41, 5.74) is -0.0144. The van der Waals surface area contributed by atoms with Gasteiger partial charge in [-0.3, -0.25) is 13.8 Å². The third kappa shape index (κ3) is 5.41. The van der Waals surface area contributed by atoms with Gasteiger partial charge in [-0.15, -0.1) is 0 Å². The molecule has 10 heteroatoms. The Labute approximate surface area is 175 Å². The van der Waals surface area contributed by atoms with Crippen LogP contribution < -0.4 is 5.32 Å². The molecule has 0 heterocycles. The van der Waals surface area contributed by atoms with Gasteiger partial charge in [-0.1, -0.05) is 30.3 Å². The minimum Gasteiger partial charge on any atom is -0.452 e. The largest absolute Gasteiger partial charge is 0.452 e. The fourth-order valence-electron chi connectivity index (χ4n) is 2.66. The number of rotatable bonds is 9. The van der Waals surface area contributed by atoms with Gasteiger partial charge in [0.1, 0.15) is 4.90 Å². The number of Topliss-reactive ketones (excluding diaryl/α,β-unsaturated/α-hetero) is 1. The van der Waals surface area contributed by atoms with Gasteiger partial charge < -0.3 is 14.8 Å². The van der Waals surface area contributed by atoms with Gasteiger partial charge in [-0.25, -0.2) is 4.79 Å². The SMILES string of the molecule is COC(C)C(=O)OC(CC(=O)Nc1ccc2ccccc2c1S(=O)(=O)OC)C(C)=O.[HH]. The van der Waals surface area contributed by atoms with Crippen LogP contribution in [0.15, 0.2) is 41.3 Å². The maximum atomic E-state index is 12.5. The molecule has 0 bridgehead atoms. The van der Waals surface area contributed by atoms with E-state index < -0.39 is 46.4 Å². The van der Waals surface area contributed by atoms with Crippen molar-refractivity contribution in [3.8, 4) is 0 Å². The highest BCUT2D eigenvalue weighted by Crippen LogP contribution is 2.31. The van der Waals surface area contributed by atoms with Gasteiger partial charge in [0.05, 0.1) is 19.2 Å². The quantitative estimate of drug-likeness (QED) is 0.466. The summed E-state index contributed by atoms with van der Waals surface area (Å²) >= 11 is 0. The topological polar surface area (TPSA) is 125 Å². The molecule has 0 aliphatic rings. The van der Waals surface area contributed by atoms with Crippen molar-refractivity contribution in [3.05, 3.63) is 36.4 Å². The van der Waals surface area contributed by atoms with E-state index in [2.05, 4.69) is 9.50 Å². The van der Waals surface area contributed by atoms with Gasteiger partial charge in [-0.2, -0.15) is 8.42 Å². The molecule has 1 N–H and O–H groups in total. The number of esters is 1. The van der Waals surface area contributed by atoms with Crippen LogP contribution in [0.5, 0.6) is 0 Å². The first kappa shape index (κ1) is 23.5. The lowest BCUT2D eigenvalue weighted by atomic mass is 10.1. The van der Waals surface area contributed by atoms with Crippen LogP contribution in [-0.4, -0.2) is 52.5 Å². The van der Waals surface area contributed by atoms with Crippen LogP contribution in [0.3, 0.4) is 0 Å². The monoisotopic (exact) mass is 439 g/mol. The Hall–Kier alpha value is -2.82. The summed E-state index contributed by atoms with van der Waals surface area (Å²) in [5, 5.41) is 3.47. The van der Waals surface area contributed by atoms with Gasteiger partial charge in [0, 0.05) is 13.9 Å². The van der Waals surface area contributed by atoms with E-state index in [0.717, 1.165) is 7.11 Å². The lowest BCUT2D eigenvalue weighted by Gasteiger charge is -2.18. The number of carbonyl (C=O) groups excluding carboxylic acids is 3. The highest BCUT2D eigenvalue weighted by atomic mass is 32.2. The summed E-state index contributed by atoms with van der Waals surface area (Å²) in [6.45, 7) is 2.62. The van der Waals surface area contributed by atoms with E-state index in [0.29, 0.717) is 10.8 Å². The lowest BCUT2D eigenvalue weighted by Crippen LogP contribution is -2.34. The number of benzene rings is 2. The van der Waals surface area contributed by atoms with E-state index in [9.17, 15) is 22.8 Å². The van der Waals surface area contributed by atoms with E-state index in [1.807, 2.05) is 0 Å². The Morgan fingerprint density at radius 3 is 2.37 bits per heavy atom. The van der Waals surface area contributed by atoms with Crippen LogP contribution in [0.25, 0.3) is 10.8 Å². The van der Waals surface area contributed by atoms with Crippen molar-refractivity contribution in [3.63, 3.8) is 0 Å². The molecule has 2 atom stereocenters. The summed E-state index contributed by atoms with van der Waals surface area (Å²) in [5.74, 6) is -2.04. The smallest absolute Gasteiger partial charge is 0.335 e. The first-order valence-corrected chi connectivity index (χ1v) is 10.4. The second kappa shape index (κ2) is 9.79. The minimum atomic E-state index is -4.16. The Kier molecular flexibility index (Phi) is 7.65. The summed E-state index contributed by atoms with van der Waals surface area (Å²) < 4.78 is 39.5. The Bertz CT molecular complexity index is 1070. The predicted octanol–water partition coefficient (Wildman–Crippen LogP) is 2.29. The molecule has 2 rings (SSSR count). The summed E-state index contributed by atoms with van der Waals surface area (Å²) in [6.07, 6.45) is -2.73. The minimum absolute atomic E-state index is 0. The number of methoxy groups -OCH3 is 1.